The number of aliphatic imine (C=N–C) groups is 1. The van der Waals surface area contributed by atoms with Gasteiger partial charge in [0.1, 0.15) is 11.8 Å². The second kappa shape index (κ2) is 4.22. The highest BCUT2D eigenvalue weighted by molar-refractivity contribution is 5.58. The van der Waals surface area contributed by atoms with Gasteiger partial charge in [0, 0.05) is 6.92 Å². The fourth-order valence-electron chi connectivity index (χ4n) is 1.50. The van der Waals surface area contributed by atoms with E-state index in [0.717, 1.165) is 25.0 Å². The van der Waals surface area contributed by atoms with Crippen LogP contribution < -0.4 is 0 Å². The predicted octanol–water partition coefficient (Wildman–Crippen LogP) is 2.84. The van der Waals surface area contributed by atoms with Crippen LogP contribution in [0.5, 0.6) is 0 Å². The molecule has 1 unspecified atom stereocenters. The molecule has 1 aromatic rings. The number of hydrogen-bond acceptors (Lipinski definition) is 3. The lowest BCUT2D eigenvalue weighted by molar-refractivity contribution is 0.442. The summed E-state index contributed by atoms with van der Waals surface area (Å²) in [4.78, 5) is 8.54. The van der Waals surface area contributed by atoms with Gasteiger partial charge in [-0.05, 0) is 25.5 Å². The van der Waals surface area contributed by atoms with Crippen molar-refractivity contribution >= 4 is 6.21 Å². The van der Waals surface area contributed by atoms with Crippen LogP contribution in [0.3, 0.4) is 0 Å². The van der Waals surface area contributed by atoms with Crippen molar-refractivity contribution in [3.63, 3.8) is 0 Å². The first-order chi connectivity index (χ1) is 6.86. The minimum Gasteiger partial charge on any atom is -0.444 e. The Morgan fingerprint density at radius 1 is 1.36 bits per heavy atom. The molecule has 0 saturated heterocycles. The molecule has 1 aliphatic rings. The van der Waals surface area contributed by atoms with E-state index in [9.17, 15) is 0 Å². The Hall–Kier alpha value is -1.38. The Bertz CT molecular complexity index is 352. The summed E-state index contributed by atoms with van der Waals surface area (Å²) < 4.78 is 5.46. The van der Waals surface area contributed by atoms with Crippen molar-refractivity contribution in [1.29, 1.82) is 0 Å². The largest absolute Gasteiger partial charge is 0.444 e. The van der Waals surface area contributed by atoms with E-state index in [-0.39, 0.29) is 6.04 Å². The van der Waals surface area contributed by atoms with Crippen LogP contribution in [0.2, 0.25) is 0 Å². The third kappa shape index (κ3) is 2.10. The van der Waals surface area contributed by atoms with E-state index in [1.54, 1.807) is 6.20 Å². The smallest absolute Gasteiger partial charge is 0.191 e. The Kier molecular flexibility index (Phi) is 2.77. The van der Waals surface area contributed by atoms with Gasteiger partial charge in [0.2, 0.25) is 0 Å². The molecule has 3 heteroatoms. The Morgan fingerprint density at radius 2 is 2.29 bits per heavy atom. The molecule has 2 heterocycles. The zero-order valence-corrected chi connectivity index (χ0v) is 8.31. The Labute approximate surface area is 83.6 Å². The van der Waals surface area contributed by atoms with Gasteiger partial charge in [-0.3, -0.25) is 4.99 Å². The molecule has 1 aromatic heterocycles. The standard InChI is InChI=1S/C11H14N2O/c1-9-13-8-11(14-9)10-6-4-2-3-5-7-12-10/h2,4,7-8,10H,3,5-6H2,1H3/b4-2-,12-7?. The van der Waals surface area contributed by atoms with E-state index in [1.807, 2.05) is 13.1 Å². The van der Waals surface area contributed by atoms with Crippen molar-refractivity contribution < 1.29 is 4.42 Å². The second-order valence-corrected chi connectivity index (χ2v) is 3.41. The molecule has 1 aliphatic heterocycles. The molecule has 0 fully saturated rings. The van der Waals surface area contributed by atoms with Crippen molar-refractivity contribution in [1.82, 2.24) is 4.98 Å². The molecule has 0 saturated carbocycles. The molecular formula is C11H14N2O. The number of aryl methyl sites for hydroxylation is 1. The van der Waals surface area contributed by atoms with Crippen LogP contribution in [-0.4, -0.2) is 11.2 Å². The van der Waals surface area contributed by atoms with Crippen LogP contribution in [-0.2, 0) is 0 Å². The first-order valence-corrected chi connectivity index (χ1v) is 4.95. The molecule has 1 atom stereocenters. The average Bonchev–Trinajstić information content (AvgIpc) is 2.51. The van der Waals surface area contributed by atoms with E-state index < -0.39 is 0 Å². The third-order valence-electron chi connectivity index (χ3n) is 2.24. The molecule has 0 radical (unpaired) electrons. The number of nitrogens with zero attached hydrogens (tertiary/aromatic N) is 2. The molecule has 0 amide bonds. The van der Waals surface area contributed by atoms with E-state index >= 15 is 0 Å². The van der Waals surface area contributed by atoms with Gasteiger partial charge in [0.15, 0.2) is 5.89 Å². The zero-order chi connectivity index (χ0) is 9.80. The van der Waals surface area contributed by atoms with Crippen LogP contribution in [0.1, 0.15) is 37.0 Å². The lowest BCUT2D eigenvalue weighted by Gasteiger charge is -2.07. The van der Waals surface area contributed by atoms with Gasteiger partial charge in [-0.15, -0.1) is 0 Å². The number of oxazole rings is 1. The zero-order valence-electron chi connectivity index (χ0n) is 8.31. The van der Waals surface area contributed by atoms with E-state index in [2.05, 4.69) is 22.1 Å². The Morgan fingerprint density at radius 3 is 3.07 bits per heavy atom. The van der Waals surface area contributed by atoms with Crippen LogP contribution in [0, 0.1) is 6.92 Å². The monoisotopic (exact) mass is 190 g/mol. The van der Waals surface area contributed by atoms with Crippen molar-refractivity contribution in [2.24, 2.45) is 4.99 Å². The minimum absolute atomic E-state index is 0.118. The SMILES string of the molecule is Cc1ncc(C2C/C=C\CCC=N2)o1. The summed E-state index contributed by atoms with van der Waals surface area (Å²) in [5.74, 6) is 1.58. The fraction of sp³-hybridized carbons (Fsp3) is 0.455. The molecule has 0 aromatic carbocycles. The van der Waals surface area contributed by atoms with Crippen molar-refractivity contribution in [2.75, 3.05) is 0 Å². The summed E-state index contributed by atoms with van der Waals surface area (Å²) >= 11 is 0. The minimum atomic E-state index is 0.118. The maximum Gasteiger partial charge on any atom is 0.191 e. The predicted molar refractivity (Wildman–Crippen MR) is 55.5 cm³/mol. The average molecular weight is 190 g/mol. The van der Waals surface area contributed by atoms with Crippen LogP contribution >= 0.6 is 0 Å². The molecule has 0 bridgehead atoms. The molecule has 14 heavy (non-hydrogen) atoms. The molecule has 2 rings (SSSR count). The molecule has 3 nitrogen and oxygen atoms in total. The van der Waals surface area contributed by atoms with Crippen molar-refractivity contribution in [3.8, 4) is 0 Å². The van der Waals surface area contributed by atoms with Gasteiger partial charge in [-0.25, -0.2) is 4.98 Å². The highest BCUT2D eigenvalue weighted by Crippen LogP contribution is 2.23. The van der Waals surface area contributed by atoms with Gasteiger partial charge < -0.3 is 4.42 Å². The summed E-state index contributed by atoms with van der Waals surface area (Å²) in [5.41, 5.74) is 0. The number of allylic oxidation sites excluding steroid dienone is 1. The molecule has 74 valence electrons. The first kappa shape index (κ1) is 9.19. The van der Waals surface area contributed by atoms with Crippen LogP contribution in [0.15, 0.2) is 27.8 Å². The topological polar surface area (TPSA) is 38.4 Å². The number of hydrogen-bond donors (Lipinski definition) is 0. The van der Waals surface area contributed by atoms with Crippen molar-refractivity contribution in [3.05, 3.63) is 30.0 Å². The maximum atomic E-state index is 5.46. The number of aromatic nitrogens is 1. The van der Waals surface area contributed by atoms with Crippen LogP contribution in [0.4, 0.5) is 0 Å². The lowest BCUT2D eigenvalue weighted by Crippen LogP contribution is -1.95. The number of rotatable bonds is 1. The highest BCUT2D eigenvalue weighted by atomic mass is 16.4. The van der Waals surface area contributed by atoms with E-state index in [4.69, 9.17) is 4.42 Å². The third-order valence-corrected chi connectivity index (χ3v) is 2.24. The van der Waals surface area contributed by atoms with Crippen molar-refractivity contribution in [2.45, 2.75) is 32.2 Å². The summed E-state index contributed by atoms with van der Waals surface area (Å²) in [6.07, 6.45) is 11.1. The van der Waals surface area contributed by atoms with E-state index in [1.165, 1.54) is 0 Å². The highest BCUT2D eigenvalue weighted by Gasteiger charge is 2.12. The molecular weight excluding hydrogens is 176 g/mol. The summed E-state index contributed by atoms with van der Waals surface area (Å²) in [5, 5.41) is 0. The molecule has 0 spiro atoms. The summed E-state index contributed by atoms with van der Waals surface area (Å²) in [6.45, 7) is 1.85. The van der Waals surface area contributed by atoms with Gasteiger partial charge in [-0.2, -0.15) is 0 Å². The van der Waals surface area contributed by atoms with Crippen LogP contribution in [0.25, 0.3) is 0 Å². The molecule has 0 aliphatic carbocycles. The molecule has 0 N–H and O–H groups in total. The van der Waals surface area contributed by atoms with E-state index in [0.29, 0.717) is 5.89 Å². The quantitative estimate of drug-likeness (QED) is 0.638. The van der Waals surface area contributed by atoms with Gasteiger partial charge in [0.25, 0.3) is 0 Å². The summed E-state index contributed by atoms with van der Waals surface area (Å²) in [6, 6.07) is 0.118. The summed E-state index contributed by atoms with van der Waals surface area (Å²) in [7, 11) is 0. The normalized spacial score (nSPS) is 24.2. The maximum absolute atomic E-state index is 5.46. The van der Waals surface area contributed by atoms with Gasteiger partial charge >= 0.3 is 0 Å². The first-order valence-electron chi connectivity index (χ1n) is 4.95. The van der Waals surface area contributed by atoms with Gasteiger partial charge in [-0.1, -0.05) is 12.2 Å². The van der Waals surface area contributed by atoms with Gasteiger partial charge in [0.05, 0.1) is 6.20 Å². The fourth-order valence-corrected chi connectivity index (χ4v) is 1.50. The second-order valence-electron chi connectivity index (χ2n) is 3.41. The lowest BCUT2D eigenvalue weighted by atomic mass is 10.1. The Balaban J connectivity index is 2.15.